The van der Waals surface area contributed by atoms with Crippen LogP contribution in [0.4, 0.5) is 13.2 Å². The van der Waals surface area contributed by atoms with Crippen LogP contribution >= 0.6 is 0 Å². The molecule has 0 unspecified atom stereocenters. The third-order valence-electron chi connectivity index (χ3n) is 3.50. The van der Waals surface area contributed by atoms with Gasteiger partial charge in [-0.2, -0.15) is 17.5 Å². The first-order valence-electron chi connectivity index (χ1n) is 6.38. The minimum absolute atomic E-state index is 0.171. The van der Waals surface area contributed by atoms with Gasteiger partial charge in [-0.05, 0) is 24.5 Å². The number of hydrogen-bond acceptors (Lipinski definition) is 4. The van der Waals surface area contributed by atoms with Gasteiger partial charge in [-0.1, -0.05) is 6.07 Å². The lowest BCUT2D eigenvalue weighted by atomic mass is 9.98. The molecule has 0 bridgehead atoms. The second kappa shape index (κ2) is 5.90. The molecule has 21 heavy (non-hydrogen) atoms. The number of aromatic nitrogens is 1. The molecule has 1 aromatic heterocycles. The standard InChI is InChI=1S/C12H15F3N2O3S/c13-12(14,15)10-3-5-17(6-4-10)21(19,20)11-2-1-9(8-18)7-16-11/h1-2,7,10,18H,3-6,8H2. The van der Waals surface area contributed by atoms with Crippen LogP contribution < -0.4 is 0 Å². The molecule has 9 heteroatoms. The fourth-order valence-corrected chi connectivity index (χ4v) is 3.59. The molecule has 1 fully saturated rings. The van der Waals surface area contributed by atoms with E-state index in [-0.39, 0.29) is 37.6 Å². The predicted octanol–water partition coefficient (Wildman–Crippen LogP) is 1.54. The largest absolute Gasteiger partial charge is 0.392 e. The first-order chi connectivity index (χ1) is 9.75. The Morgan fingerprint density at radius 3 is 2.33 bits per heavy atom. The van der Waals surface area contributed by atoms with Crippen molar-refractivity contribution >= 4 is 10.0 Å². The second-order valence-corrected chi connectivity index (χ2v) is 6.77. The number of rotatable bonds is 3. The van der Waals surface area contributed by atoms with E-state index in [1.165, 1.54) is 18.3 Å². The van der Waals surface area contributed by atoms with Crippen LogP contribution in [-0.2, 0) is 16.6 Å². The molecule has 2 heterocycles. The maximum Gasteiger partial charge on any atom is 0.391 e. The fraction of sp³-hybridized carbons (Fsp3) is 0.583. The number of hydrogen-bond donors (Lipinski definition) is 1. The van der Waals surface area contributed by atoms with Crippen molar-refractivity contribution in [2.75, 3.05) is 13.1 Å². The zero-order valence-electron chi connectivity index (χ0n) is 11.0. The van der Waals surface area contributed by atoms with Crippen molar-refractivity contribution < 1.29 is 26.7 Å². The van der Waals surface area contributed by atoms with E-state index in [1.807, 2.05) is 0 Å². The zero-order valence-corrected chi connectivity index (χ0v) is 11.9. The van der Waals surface area contributed by atoms with Crippen LogP contribution in [0.5, 0.6) is 0 Å². The molecule has 0 aliphatic carbocycles. The molecule has 0 atom stereocenters. The number of alkyl halides is 3. The van der Waals surface area contributed by atoms with E-state index in [0.717, 1.165) is 4.31 Å². The van der Waals surface area contributed by atoms with Crippen molar-refractivity contribution in [3.05, 3.63) is 23.9 Å². The summed E-state index contributed by atoms with van der Waals surface area (Å²) in [4.78, 5) is 3.75. The Kier molecular flexibility index (Phi) is 4.54. The minimum Gasteiger partial charge on any atom is -0.392 e. The van der Waals surface area contributed by atoms with Crippen molar-refractivity contribution in [1.82, 2.24) is 9.29 Å². The van der Waals surface area contributed by atoms with Gasteiger partial charge in [-0.15, -0.1) is 0 Å². The van der Waals surface area contributed by atoms with E-state index in [1.54, 1.807) is 0 Å². The summed E-state index contributed by atoms with van der Waals surface area (Å²) in [6.45, 7) is -0.601. The van der Waals surface area contributed by atoms with Gasteiger partial charge in [-0.3, -0.25) is 0 Å². The van der Waals surface area contributed by atoms with Crippen LogP contribution in [0.25, 0.3) is 0 Å². The number of sulfonamides is 1. The molecule has 1 saturated heterocycles. The van der Waals surface area contributed by atoms with Crippen LogP contribution in [0.15, 0.2) is 23.4 Å². The number of aliphatic hydroxyl groups excluding tert-OH is 1. The summed E-state index contributed by atoms with van der Waals surface area (Å²) >= 11 is 0. The molecule has 5 nitrogen and oxygen atoms in total. The highest BCUT2D eigenvalue weighted by Crippen LogP contribution is 2.35. The van der Waals surface area contributed by atoms with Crippen LogP contribution in [-0.4, -0.2) is 42.1 Å². The van der Waals surface area contributed by atoms with E-state index < -0.39 is 22.1 Å². The maximum absolute atomic E-state index is 12.6. The molecule has 1 aliphatic heterocycles. The molecule has 0 saturated carbocycles. The highest BCUT2D eigenvalue weighted by molar-refractivity contribution is 7.89. The van der Waals surface area contributed by atoms with Gasteiger partial charge in [0.2, 0.25) is 0 Å². The Hall–Kier alpha value is -1.19. The summed E-state index contributed by atoms with van der Waals surface area (Å²) in [6.07, 6.45) is -3.53. The average Bonchev–Trinajstić information content (AvgIpc) is 2.46. The summed E-state index contributed by atoms with van der Waals surface area (Å²) in [5.74, 6) is -1.45. The molecule has 0 radical (unpaired) electrons. The minimum atomic E-state index is -4.28. The van der Waals surface area contributed by atoms with Gasteiger partial charge < -0.3 is 5.11 Å². The maximum atomic E-state index is 12.6. The lowest BCUT2D eigenvalue weighted by molar-refractivity contribution is -0.182. The highest BCUT2D eigenvalue weighted by Gasteiger charge is 2.43. The van der Waals surface area contributed by atoms with E-state index in [0.29, 0.717) is 5.56 Å². The summed E-state index contributed by atoms with van der Waals surface area (Å²) in [6, 6.07) is 2.67. The third kappa shape index (κ3) is 3.53. The van der Waals surface area contributed by atoms with Crippen molar-refractivity contribution in [3.8, 4) is 0 Å². The zero-order chi connectivity index (χ0) is 15.7. The molecule has 0 amide bonds. The molecule has 0 spiro atoms. The van der Waals surface area contributed by atoms with Gasteiger partial charge in [0.05, 0.1) is 12.5 Å². The second-order valence-electron chi connectivity index (χ2n) is 4.88. The Labute approximate surface area is 120 Å². The number of piperidine rings is 1. The summed E-state index contributed by atoms with van der Waals surface area (Å²) in [5, 5.41) is 8.66. The lowest BCUT2D eigenvalue weighted by Gasteiger charge is -2.31. The van der Waals surface area contributed by atoms with Gasteiger partial charge in [-0.25, -0.2) is 13.4 Å². The molecular formula is C12H15F3N2O3S. The number of aliphatic hydroxyl groups is 1. The average molecular weight is 324 g/mol. The Bertz CT molecular complexity index is 579. The monoisotopic (exact) mass is 324 g/mol. The topological polar surface area (TPSA) is 70.5 Å². The van der Waals surface area contributed by atoms with Crippen molar-refractivity contribution in [3.63, 3.8) is 0 Å². The van der Waals surface area contributed by atoms with Crippen LogP contribution in [0.1, 0.15) is 18.4 Å². The number of halogens is 3. The van der Waals surface area contributed by atoms with E-state index in [9.17, 15) is 21.6 Å². The molecular weight excluding hydrogens is 309 g/mol. The van der Waals surface area contributed by atoms with Crippen LogP contribution in [0.3, 0.4) is 0 Å². The highest BCUT2D eigenvalue weighted by atomic mass is 32.2. The molecule has 0 aromatic carbocycles. The van der Waals surface area contributed by atoms with Crippen molar-refractivity contribution in [2.45, 2.75) is 30.7 Å². The van der Waals surface area contributed by atoms with E-state index in [4.69, 9.17) is 5.11 Å². The Morgan fingerprint density at radius 2 is 1.90 bits per heavy atom. The summed E-state index contributed by atoms with van der Waals surface area (Å²) < 4.78 is 63.3. The lowest BCUT2D eigenvalue weighted by Crippen LogP contribution is -2.42. The molecule has 2 rings (SSSR count). The number of nitrogens with zero attached hydrogens (tertiary/aromatic N) is 2. The Balaban J connectivity index is 2.11. The predicted molar refractivity (Wildman–Crippen MR) is 67.7 cm³/mol. The van der Waals surface area contributed by atoms with Crippen molar-refractivity contribution in [1.29, 1.82) is 0 Å². The fourth-order valence-electron chi connectivity index (χ4n) is 2.21. The van der Waals surface area contributed by atoms with Gasteiger partial charge >= 0.3 is 6.18 Å². The first-order valence-corrected chi connectivity index (χ1v) is 7.82. The third-order valence-corrected chi connectivity index (χ3v) is 5.32. The van der Waals surface area contributed by atoms with Crippen LogP contribution in [0.2, 0.25) is 0 Å². The molecule has 1 aromatic rings. The summed E-state index contributed by atoms with van der Waals surface area (Å²) in [7, 11) is -3.88. The first kappa shape index (κ1) is 16.2. The quantitative estimate of drug-likeness (QED) is 0.915. The molecule has 1 N–H and O–H groups in total. The smallest absolute Gasteiger partial charge is 0.391 e. The van der Waals surface area contributed by atoms with Crippen molar-refractivity contribution in [2.24, 2.45) is 5.92 Å². The van der Waals surface area contributed by atoms with E-state index in [2.05, 4.69) is 4.98 Å². The normalized spacial score (nSPS) is 18.9. The van der Waals surface area contributed by atoms with Crippen LogP contribution in [0, 0.1) is 5.92 Å². The number of pyridine rings is 1. The van der Waals surface area contributed by atoms with E-state index >= 15 is 0 Å². The van der Waals surface area contributed by atoms with Gasteiger partial charge in [0.15, 0.2) is 5.03 Å². The van der Waals surface area contributed by atoms with Gasteiger partial charge in [0.25, 0.3) is 10.0 Å². The summed E-state index contributed by atoms with van der Waals surface area (Å²) in [5.41, 5.74) is 0.463. The Morgan fingerprint density at radius 1 is 1.29 bits per heavy atom. The van der Waals surface area contributed by atoms with Gasteiger partial charge in [0.1, 0.15) is 0 Å². The SMILES string of the molecule is O=S(=O)(c1ccc(CO)cn1)N1CCC(C(F)(F)F)CC1. The van der Waals surface area contributed by atoms with Gasteiger partial charge in [0, 0.05) is 19.3 Å². The molecule has 1 aliphatic rings. The molecule has 118 valence electrons.